The Kier molecular flexibility index (Phi) is 9.28. The molecule has 4 aromatic carbocycles. The van der Waals surface area contributed by atoms with E-state index < -0.39 is 17.1 Å². The zero-order valence-corrected chi connectivity index (χ0v) is 23.2. The van der Waals surface area contributed by atoms with Gasteiger partial charge in [0.1, 0.15) is 16.7 Å². The molecular formula is C34H27N3O4S. The van der Waals surface area contributed by atoms with Crippen LogP contribution < -0.4 is 16.0 Å². The Morgan fingerprint density at radius 1 is 0.690 bits per heavy atom. The third-order valence-electron chi connectivity index (χ3n) is 6.09. The summed E-state index contributed by atoms with van der Waals surface area (Å²) < 4.78 is 5.37. The fraction of sp³-hybridized carbons (Fsp3) is 0.0294. The van der Waals surface area contributed by atoms with Gasteiger partial charge in [0.15, 0.2) is 0 Å². The summed E-state index contributed by atoms with van der Waals surface area (Å²) in [6.45, 7) is 0. The van der Waals surface area contributed by atoms with E-state index in [-0.39, 0.29) is 11.6 Å². The number of furan rings is 1. The van der Waals surface area contributed by atoms with Crippen LogP contribution in [0.2, 0.25) is 0 Å². The van der Waals surface area contributed by atoms with Crippen molar-refractivity contribution in [2.24, 2.45) is 0 Å². The van der Waals surface area contributed by atoms with Gasteiger partial charge in [0, 0.05) is 27.9 Å². The minimum atomic E-state index is -0.545. The number of amides is 3. The number of thioether (sulfide) groups is 1. The Bertz CT molecular complexity index is 1670. The number of carbonyl (C=O) groups is 3. The first-order valence-corrected chi connectivity index (χ1v) is 14.0. The van der Waals surface area contributed by atoms with Crippen LogP contribution in [0.3, 0.4) is 0 Å². The van der Waals surface area contributed by atoms with Gasteiger partial charge in [-0.15, -0.1) is 11.8 Å². The highest BCUT2D eigenvalue weighted by Gasteiger charge is 2.23. The van der Waals surface area contributed by atoms with E-state index in [9.17, 15) is 14.4 Å². The fourth-order valence-corrected chi connectivity index (χ4v) is 5.15. The summed E-state index contributed by atoms with van der Waals surface area (Å²) in [5, 5.41) is 7.99. The second-order valence-corrected chi connectivity index (χ2v) is 10.3. The van der Waals surface area contributed by atoms with Crippen molar-refractivity contribution in [3.8, 4) is 0 Å². The lowest BCUT2D eigenvalue weighted by Gasteiger charge is -2.18. The molecule has 0 saturated carbocycles. The number of rotatable bonds is 10. The summed E-state index contributed by atoms with van der Waals surface area (Å²) in [6.07, 6.45) is 2.95. The van der Waals surface area contributed by atoms with Gasteiger partial charge in [-0.25, -0.2) is 0 Å². The molecule has 8 heteroatoms. The monoisotopic (exact) mass is 573 g/mol. The van der Waals surface area contributed by atoms with E-state index in [2.05, 4.69) is 16.0 Å². The molecule has 0 saturated heterocycles. The Morgan fingerprint density at radius 3 is 2.05 bits per heavy atom. The van der Waals surface area contributed by atoms with Gasteiger partial charge in [-0.2, -0.15) is 0 Å². The van der Waals surface area contributed by atoms with Crippen molar-refractivity contribution < 1.29 is 18.8 Å². The van der Waals surface area contributed by atoms with E-state index in [4.69, 9.17) is 4.42 Å². The molecule has 1 aromatic heterocycles. The van der Waals surface area contributed by atoms with E-state index in [1.165, 1.54) is 24.1 Å². The minimum absolute atomic E-state index is 0.0151. The van der Waals surface area contributed by atoms with Gasteiger partial charge in [-0.3, -0.25) is 14.4 Å². The maximum absolute atomic E-state index is 13.4. The molecule has 0 radical (unpaired) electrons. The molecule has 0 spiro atoms. The average Bonchev–Trinajstić information content (AvgIpc) is 3.54. The van der Waals surface area contributed by atoms with Gasteiger partial charge < -0.3 is 20.4 Å². The molecule has 0 aliphatic heterocycles. The van der Waals surface area contributed by atoms with Crippen LogP contribution >= 0.6 is 11.8 Å². The van der Waals surface area contributed by atoms with Crippen molar-refractivity contribution >= 4 is 46.9 Å². The van der Waals surface area contributed by atoms with E-state index in [1.807, 2.05) is 72.8 Å². The molecule has 0 fully saturated rings. The molecule has 3 amide bonds. The number of hydrogen-bond acceptors (Lipinski definition) is 5. The summed E-state index contributed by atoms with van der Waals surface area (Å²) in [6, 6.07) is 38.0. The van der Waals surface area contributed by atoms with Gasteiger partial charge in [-0.05, 0) is 60.2 Å². The third kappa shape index (κ3) is 7.65. The second-order valence-electron chi connectivity index (χ2n) is 9.14. The van der Waals surface area contributed by atoms with E-state index in [0.29, 0.717) is 22.7 Å². The van der Waals surface area contributed by atoms with Gasteiger partial charge >= 0.3 is 0 Å². The predicted molar refractivity (Wildman–Crippen MR) is 166 cm³/mol. The van der Waals surface area contributed by atoms with E-state index in [1.54, 1.807) is 54.6 Å². The quantitative estimate of drug-likeness (QED) is 0.122. The predicted octanol–water partition coefficient (Wildman–Crippen LogP) is 7.16. The number of para-hydroxylation sites is 1. The maximum atomic E-state index is 13.4. The lowest BCUT2D eigenvalue weighted by Crippen LogP contribution is -2.30. The van der Waals surface area contributed by atoms with Crippen LogP contribution in [0, 0.1) is 0 Å². The molecule has 5 rings (SSSR count). The first kappa shape index (κ1) is 28.2. The normalized spacial score (nSPS) is 11.8. The van der Waals surface area contributed by atoms with E-state index >= 15 is 0 Å². The molecule has 208 valence electrons. The number of carbonyl (C=O) groups excluding carboxylic acids is 3. The maximum Gasteiger partial charge on any atom is 0.272 e. The highest BCUT2D eigenvalue weighted by Crippen LogP contribution is 2.37. The topological polar surface area (TPSA) is 100 Å². The molecule has 7 nitrogen and oxygen atoms in total. The van der Waals surface area contributed by atoms with Crippen molar-refractivity contribution in [3.63, 3.8) is 0 Å². The van der Waals surface area contributed by atoms with Crippen LogP contribution in [0.15, 0.2) is 149 Å². The molecule has 1 unspecified atom stereocenters. The van der Waals surface area contributed by atoms with Crippen LogP contribution in [-0.4, -0.2) is 17.7 Å². The zero-order valence-electron chi connectivity index (χ0n) is 22.4. The molecule has 1 heterocycles. The number of hydrogen-bond donors (Lipinski definition) is 3. The molecule has 5 aromatic rings. The van der Waals surface area contributed by atoms with Gasteiger partial charge in [0.05, 0.1) is 6.26 Å². The Balaban J connectivity index is 1.35. The molecule has 0 aliphatic carbocycles. The highest BCUT2D eigenvalue weighted by atomic mass is 32.2. The lowest BCUT2D eigenvalue weighted by atomic mass is 10.1. The minimum Gasteiger partial charge on any atom is -0.465 e. The molecule has 0 aliphatic rings. The van der Waals surface area contributed by atoms with Gasteiger partial charge in [0.25, 0.3) is 11.8 Å². The van der Waals surface area contributed by atoms with Crippen molar-refractivity contribution in [2.45, 2.75) is 10.1 Å². The first-order chi connectivity index (χ1) is 20.5. The van der Waals surface area contributed by atoms with Crippen molar-refractivity contribution in [3.05, 3.63) is 156 Å². The molecule has 0 bridgehead atoms. The first-order valence-electron chi connectivity index (χ1n) is 13.2. The Hall–Kier alpha value is -5.34. The van der Waals surface area contributed by atoms with Crippen molar-refractivity contribution in [1.82, 2.24) is 5.32 Å². The van der Waals surface area contributed by atoms with Crippen LogP contribution in [0.1, 0.15) is 26.9 Å². The fourth-order valence-electron chi connectivity index (χ4n) is 4.07. The second kappa shape index (κ2) is 13.8. The molecular weight excluding hydrogens is 546 g/mol. The van der Waals surface area contributed by atoms with Crippen LogP contribution in [0.25, 0.3) is 6.08 Å². The van der Waals surface area contributed by atoms with Gasteiger partial charge in [0.2, 0.25) is 5.91 Å². The average molecular weight is 574 g/mol. The highest BCUT2D eigenvalue weighted by molar-refractivity contribution is 8.00. The summed E-state index contributed by atoms with van der Waals surface area (Å²) in [5.41, 5.74) is 2.48. The number of benzene rings is 4. The Labute approximate surface area is 247 Å². The molecule has 1 atom stereocenters. The van der Waals surface area contributed by atoms with E-state index in [0.717, 1.165) is 10.5 Å². The molecule has 42 heavy (non-hydrogen) atoms. The van der Waals surface area contributed by atoms with Crippen molar-refractivity contribution in [1.29, 1.82) is 0 Å². The standard InChI is InChI=1S/C34H27N3O4S/c38-32(25-14-6-2-7-15-25)37-30(23-28-19-11-21-41-28)33(39)36-27-18-10-20-29(22-27)42-31(24-12-4-1-5-13-24)34(40)35-26-16-8-3-9-17-26/h1-23,31H,(H,35,40)(H,36,39)(H,37,38)/b30-23-. The Morgan fingerprint density at radius 2 is 1.36 bits per heavy atom. The lowest BCUT2D eigenvalue weighted by molar-refractivity contribution is -0.116. The SMILES string of the molecule is O=C(Nc1cccc(SC(C(=O)Nc2ccccc2)c2ccccc2)c1)/C(=C/c1ccco1)NC(=O)c1ccccc1. The summed E-state index contributed by atoms with van der Waals surface area (Å²) >= 11 is 1.37. The number of anilines is 2. The van der Waals surface area contributed by atoms with Gasteiger partial charge in [-0.1, -0.05) is 72.8 Å². The molecule has 3 N–H and O–H groups in total. The van der Waals surface area contributed by atoms with Crippen LogP contribution in [-0.2, 0) is 9.59 Å². The zero-order chi connectivity index (χ0) is 29.1. The summed E-state index contributed by atoms with van der Waals surface area (Å²) in [4.78, 5) is 40.4. The van der Waals surface area contributed by atoms with Crippen LogP contribution in [0.4, 0.5) is 11.4 Å². The summed E-state index contributed by atoms with van der Waals surface area (Å²) in [5.74, 6) is -0.714. The largest absolute Gasteiger partial charge is 0.465 e. The number of nitrogens with one attached hydrogen (secondary N) is 3. The third-order valence-corrected chi connectivity index (χ3v) is 7.33. The summed E-state index contributed by atoms with van der Waals surface area (Å²) in [7, 11) is 0. The van der Waals surface area contributed by atoms with Crippen molar-refractivity contribution in [2.75, 3.05) is 10.6 Å². The van der Waals surface area contributed by atoms with Crippen LogP contribution in [0.5, 0.6) is 0 Å². The smallest absolute Gasteiger partial charge is 0.272 e.